The standard InChI is InChI=1S/C21H28Cl2N4O/c1-4-7-18-20(21(28)26-12-10-25(6-3)11-13-26)19(5-2)27(24-18)15-8-9-16(22)17(23)14-15/h8-9,14H,4-7,10-13H2,1-3H3. The number of piperazine rings is 1. The normalized spacial score (nSPS) is 15.2. The van der Waals surface area contributed by atoms with Crippen molar-refractivity contribution in [3.8, 4) is 5.69 Å². The second-order valence-corrected chi connectivity index (χ2v) is 7.92. The number of carbonyl (C=O) groups is 1. The Kier molecular flexibility index (Phi) is 7.02. The van der Waals surface area contributed by atoms with Gasteiger partial charge in [-0.2, -0.15) is 5.10 Å². The van der Waals surface area contributed by atoms with Crippen molar-refractivity contribution in [1.82, 2.24) is 19.6 Å². The molecular formula is C21H28Cl2N4O. The van der Waals surface area contributed by atoms with E-state index in [0.717, 1.165) is 68.2 Å². The molecule has 1 aromatic heterocycles. The van der Waals surface area contributed by atoms with Crippen LogP contribution in [0.5, 0.6) is 0 Å². The van der Waals surface area contributed by atoms with E-state index in [2.05, 4.69) is 25.7 Å². The number of benzene rings is 1. The summed E-state index contributed by atoms with van der Waals surface area (Å²) in [6.07, 6.45) is 2.43. The third-order valence-electron chi connectivity index (χ3n) is 5.34. The number of nitrogens with zero attached hydrogens (tertiary/aromatic N) is 4. The molecule has 1 amide bonds. The first-order valence-electron chi connectivity index (χ1n) is 10.1. The van der Waals surface area contributed by atoms with E-state index < -0.39 is 0 Å². The summed E-state index contributed by atoms with van der Waals surface area (Å²) >= 11 is 12.3. The summed E-state index contributed by atoms with van der Waals surface area (Å²) in [5, 5.41) is 5.81. The number of aromatic nitrogens is 2. The number of aryl methyl sites for hydroxylation is 1. The predicted octanol–water partition coefficient (Wildman–Crippen LogP) is 4.47. The summed E-state index contributed by atoms with van der Waals surface area (Å²) in [4.78, 5) is 17.8. The lowest BCUT2D eigenvalue weighted by molar-refractivity contribution is 0.0641. The van der Waals surface area contributed by atoms with Gasteiger partial charge in [-0.3, -0.25) is 4.79 Å². The van der Waals surface area contributed by atoms with Crippen molar-refractivity contribution in [2.24, 2.45) is 0 Å². The molecule has 0 unspecified atom stereocenters. The molecule has 28 heavy (non-hydrogen) atoms. The van der Waals surface area contributed by atoms with Gasteiger partial charge >= 0.3 is 0 Å². The molecule has 0 N–H and O–H groups in total. The average Bonchev–Trinajstić information content (AvgIpc) is 3.08. The van der Waals surface area contributed by atoms with Gasteiger partial charge in [0.15, 0.2) is 0 Å². The lowest BCUT2D eigenvalue weighted by Crippen LogP contribution is -2.48. The Morgan fingerprint density at radius 2 is 1.79 bits per heavy atom. The highest BCUT2D eigenvalue weighted by atomic mass is 35.5. The van der Waals surface area contributed by atoms with E-state index in [4.69, 9.17) is 28.3 Å². The molecule has 0 saturated carbocycles. The second kappa shape index (κ2) is 9.29. The van der Waals surface area contributed by atoms with E-state index in [0.29, 0.717) is 16.5 Å². The number of rotatable bonds is 6. The van der Waals surface area contributed by atoms with E-state index in [1.807, 2.05) is 15.6 Å². The number of hydrogen-bond acceptors (Lipinski definition) is 3. The van der Waals surface area contributed by atoms with Crippen LogP contribution in [0.2, 0.25) is 10.0 Å². The molecule has 1 saturated heterocycles. The third-order valence-corrected chi connectivity index (χ3v) is 6.08. The Morgan fingerprint density at radius 3 is 2.36 bits per heavy atom. The number of hydrogen-bond donors (Lipinski definition) is 0. The van der Waals surface area contributed by atoms with Crippen LogP contribution in [0.3, 0.4) is 0 Å². The number of carbonyl (C=O) groups excluding carboxylic acids is 1. The van der Waals surface area contributed by atoms with Crippen LogP contribution in [-0.4, -0.2) is 58.2 Å². The minimum Gasteiger partial charge on any atom is -0.336 e. The minimum atomic E-state index is 0.0994. The van der Waals surface area contributed by atoms with Gasteiger partial charge in [0.1, 0.15) is 0 Å². The molecule has 0 bridgehead atoms. The summed E-state index contributed by atoms with van der Waals surface area (Å²) in [6, 6.07) is 5.47. The zero-order valence-electron chi connectivity index (χ0n) is 16.8. The molecule has 2 heterocycles. The zero-order valence-corrected chi connectivity index (χ0v) is 18.4. The molecule has 0 radical (unpaired) electrons. The average molecular weight is 423 g/mol. The molecule has 7 heteroatoms. The highest BCUT2D eigenvalue weighted by Gasteiger charge is 2.29. The number of likely N-dealkylation sites (N-methyl/N-ethyl adjacent to an activating group) is 1. The predicted molar refractivity (Wildman–Crippen MR) is 115 cm³/mol. The van der Waals surface area contributed by atoms with Crippen LogP contribution >= 0.6 is 23.2 Å². The highest BCUT2D eigenvalue weighted by Crippen LogP contribution is 2.28. The van der Waals surface area contributed by atoms with E-state index in [9.17, 15) is 4.79 Å². The maximum atomic E-state index is 13.4. The summed E-state index contributed by atoms with van der Waals surface area (Å²) in [6.45, 7) is 10.7. The van der Waals surface area contributed by atoms with Crippen LogP contribution in [-0.2, 0) is 12.8 Å². The molecule has 152 valence electrons. The third kappa shape index (κ3) is 4.22. The van der Waals surface area contributed by atoms with Gasteiger partial charge in [0, 0.05) is 26.2 Å². The summed E-state index contributed by atoms with van der Waals surface area (Å²) in [7, 11) is 0. The fraction of sp³-hybridized carbons (Fsp3) is 0.524. The van der Waals surface area contributed by atoms with Crippen LogP contribution in [0, 0.1) is 0 Å². The first-order chi connectivity index (χ1) is 13.5. The van der Waals surface area contributed by atoms with Gasteiger partial charge < -0.3 is 9.80 Å². The maximum absolute atomic E-state index is 13.4. The highest BCUT2D eigenvalue weighted by molar-refractivity contribution is 6.42. The molecule has 2 aromatic rings. The maximum Gasteiger partial charge on any atom is 0.257 e. The van der Waals surface area contributed by atoms with Crippen molar-refractivity contribution in [2.75, 3.05) is 32.7 Å². The van der Waals surface area contributed by atoms with E-state index in [-0.39, 0.29) is 5.91 Å². The molecule has 1 aliphatic heterocycles. The molecule has 0 atom stereocenters. The number of amides is 1. The van der Waals surface area contributed by atoms with Crippen molar-refractivity contribution in [2.45, 2.75) is 40.0 Å². The molecule has 1 aromatic carbocycles. The van der Waals surface area contributed by atoms with Crippen molar-refractivity contribution >= 4 is 29.1 Å². The lowest BCUT2D eigenvalue weighted by Gasteiger charge is -2.34. The Hall–Kier alpha value is -1.56. The molecular weight excluding hydrogens is 395 g/mol. The summed E-state index contributed by atoms with van der Waals surface area (Å²) in [5.41, 5.74) is 3.40. The molecule has 1 aliphatic rings. The van der Waals surface area contributed by atoms with Crippen LogP contribution in [0.4, 0.5) is 0 Å². The quantitative estimate of drug-likeness (QED) is 0.689. The molecule has 1 fully saturated rings. The fourth-order valence-corrected chi connectivity index (χ4v) is 4.04. The lowest BCUT2D eigenvalue weighted by atomic mass is 10.1. The van der Waals surface area contributed by atoms with Crippen molar-refractivity contribution in [3.63, 3.8) is 0 Å². The smallest absolute Gasteiger partial charge is 0.257 e. The van der Waals surface area contributed by atoms with Gasteiger partial charge in [-0.15, -0.1) is 0 Å². The van der Waals surface area contributed by atoms with E-state index >= 15 is 0 Å². The largest absolute Gasteiger partial charge is 0.336 e. The first kappa shape index (κ1) is 21.2. The monoisotopic (exact) mass is 422 g/mol. The second-order valence-electron chi connectivity index (χ2n) is 7.11. The Labute approximate surface area is 177 Å². The van der Waals surface area contributed by atoms with Gasteiger partial charge in [-0.1, -0.05) is 50.4 Å². The Bertz CT molecular complexity index is 841. The molecule has 3 rings (SSSR count). The van der Waals surface area contributed by atoms with Crippen molar-refractivity contribution in [1.29, 1.82) is 0 Å². The summed E-state index contributed by atoms with van der Waals surface area (Å²) in [5.74, 6) is 0.0994. The van der Waals surface area contributed by atoms with Crippen LogP contribution in [0.15, 0.2) is 18.2 Å². The van der Waals surface area contributed by atoms with Gasteiger partial charge in [-0.25, -0.2) is 4.68 Å². The Morgan fingerprint density at radius 1 is 1.07 bits per heavy atom. The minimum absolute atomic E-state index is 0.0994. The first-order valence-corrected chi connectivity index (χ1v) is 10.8. The van der Waals surface area contributed by atoms with Crippen molar-refractivity contribution < 1.29 is 4.79 Å². The Balaban J connectivity index is 2.00. The molecule has 0 aliphatic carbocycles. The molecule has 0 spiro atoms. The topological polar surface area (TPSA) is 41.4 Å². The van der Waals surface area contributed by atoms with Crippen LogP contribution in [0.1, 0.15) is 48.9 Å². The summed E-state index contributed by atoms with van der Waals surface area (Å²) < 4.78 is 1.86. The molecule has 5 nitrogen and oxygen atoms in total. The van der Waals surface area contributed by atoms with Gasteiger partial charge in [0.25, 0.3) is 5.91 Å². The van der Waals surface area contributed by atoms with Crippen molar-refractivity contribution in [3.05, 3.63) is 45.2 Å². The zero-order chi connectivity index (χ0) is 20.3. The van der Waals surface area contributed by atoms with Gasteiger partial charge in [0.2, 0.25) is 0 Å². The van der Waals surface area contributed by atoms with Crippen LogP contribution < -0.4 is 0 Å². The van der Waals surface area contributed by atoms with Crippen LogP contribution in [0.25, 0.3) is 5.69 Å². The number of halogens is 2. The van der Waals surface area contributed by atoms with E-state index in [1.165, 1.54) is 0 Å². The van der Waals surface area contributed by atoms with Gasteiger partial charge in [0.05, 0.1) is 32.7 Å². The van der Waals surface area contributed by atoms with E-state index in [1.54, 1.807) is 12.1 Å². The fourth-order valence-electron chi connectivity index (χ4n) is 3.74. The van der Waals surface area contributed by atoms with Gasteiger partial charge in [-0.05, 0) is 37.6 Å². The SMILES string of the molecule is CCCc1nn(-c2ccc(Cl)c(Cl)c2)c(CC)c1C(=O)N1CCN(CC)CC1.